The summed E-state index contributed by atoms with van der Waals surface area (Å²) in [6, 6.07) is 0. The zero-order valence-corrected chi connectivity index (χ0v) is 7.60. The zero-order valence-electron chi connectivity index (χ0n) is 7.60. The number of rotatable bonds is 1. The van der Waals surface area contributed by atoms with Crippen LogP contribution in [0.1, 0.15) is 46.0 Å². The second-order valence-electron chi connectivity index (χ2n) is 4.39. The van der Waals surface area contributed by atoms with Gasteiger partial charge >= 0.3 is 0 Å². The molecule has 1 heterocycles. The van der Waals surface area contributed by atoms with E-state index in [2.05, 4.69) is 13.8 Å². The van der Waals surface area contributed by atoms with Gasteiger partial charge in [-0.2, -0.15) is 0 Å². The lowest BCUT2D eigenvalue weighted by Crippen LogP contribution is -2.31. The monoisotopic (exact) mass is 154 g/mol. The van der Waals surface area contributed by atoms with Gasteiger partial charge in [0.25, 0.3) is 0 Å². The summed E-state index contributed by atoms with van der Waals surface area (Å²) < 4.78 is 5.81. The molecule has 1 heteroatoms. The minimum absolute atomic E-state index is 0.524. The molecule has 0 radical (unpaired) electrons. The summed E-state index contributed by atoms with van der Waals surface area (Å²) in [5, 5.41) is 0. The molecule has 1 saturated heterocycles. The van der Waals surface area contributed by atoms with Crippen LogP contribution in [0.4, 0.5) is 0 Å². The van der Waals surface area contributed by atoms with Crippen LogP contribution < -0.4 is 0 Å². The molecule has 0 aromatic carbocycles. The molecule has 1 aliphatic carbocycles. The van der Waals surface area contributed by atoms with Gasteiger partial charge in [0.15, 0.2) is 0 Å². The smallest absolute Gasteiger partial charge is 0.0581 e. The number of hydrogen-bond donors (Lipinski definition) is 0. The number of ether oxygens (including phenoxy) is 1. The van der Waals surface area contributed by atoms with Crippen molar-refractivity contribution in [2.45, 2.75) is 58.2 Å². The van der Waals surface area contributed by atoms with Crippen molar-refractivity contribution in [2.24, 2.45) is 5.41 Å². The Morgan fingerprint density at radius 1 is 1.36 bits per heavy atom. The second-order valence-corrected chi connectivity index (χ2v) is 4.39. The summed E-state index contributed by atoms with van der Waals surface area (Å²) in [6.07, 6.45) is 7.90. The Labute approximate surface area is 69.1 Å². The molecule has 64 valence electrons. The van der Waals surface area contributed by atoms with Crippen LogP contribution in [0.15, 0.2) is 0 Å². The molecule has 0 N–H and O–H groups in total. The van der Waals surface area contributed by atoms with E-state index in [0.717, 1.165) is 5.41 Å². The summed E-state index contributed by atoms with van der Waals surface area (Å²) in [6.45, 7) is 4.46. The van der Waals surface area contributed by atoms with Crippen LogP contribution in [0.5, 0.6) is 0 Å². The van der Waals surface area contributed by atoms with E-state index >= 15 is 0 Å². The van der Waals surface area contributed by atoms with Crippen LogP contribution in [0, 0.1) is 5.41 Å². The Kier molecular flexibility index (Phi) is 1.71. The first kappa shape index (κ1) is 7.60. The topological polar surface area (TPSA) is 9.23 Å². The third-order valence-corrected chi connectivity index (χ3v) is 3.22. The lowest BCUT2D eigenvalue weighted by molar-refractivity contribution is -0.0694. The van der Waals surface area contributed by atoms with Gasteiger partial charge in [0, 0.05) is 0 Å². The molecule has 0 aromatic rings. The summed E-state index contributed by atoms with van der Waals surface area (Å²) in [7, 11) is 0. The van der Waals surface area contributed by atoms with Gasteiger partial charge in [0.2, 0.25) is 0 Å². The summed E-state index contributed by atoms with van der Waals surface area (Å²) >= 11 is 0. The van der Waals surface area contributed by atoms with E-state index in [-0.39, 0.29) is 0 Å². The summed E-state index contributed by atoms with van der Waals surface area (Å²) in [5.74, 6) is 0. The Balaban J connectivity index is 1.97. The van der Waals surface area contributed by atoms with E-state index < -0.39 is 0 Å². The van der Waals surface area contributed by atoms with Crippen LogP contribution in [-0.4, -0.2) is 12.2 Å². The lowest BCUT2D eigenvalue weighted by atomic mass is 9.88. The van der Waals surface area contributed by atoms with E-state index in [9.17, 15) is 0 Å². The van der Waals surface area contributed by atoms with Crippen molar-refractivity contribution < 1.29 is 4.74 Å². The average molecular weight is 154 g/mol. The van der Waals surface area contributed by atoms with Crippen LogP contribution in [0.25, 0.3) is 0 Å². The lowest BCUT2D eigenvalue weighted by Gasteiger charge is -2.33. The first-order chi connectivity index (χ1) is 5.24. The highest BCUT2D eigenvalue weighted by molar-refractivity contribution is 4.98. The number of hydrogen-bond acceptors (Lipinski definition) is 1. The molecule has 2 unspecified atom stereocenters. The van der Waals surface area contributed by atoms with Crippen molar-refractivity contribution in [3.05, 3.63) is 0 Å². The molecule has 0 aromatic heterocycles. The maximum Gasteiger partial charge on any atom is 0.0581 e. The SMILES string of the molecule is CCC1CC2(CC2)CC(C)O1. The van der Waals surface area contributed by atoms with E-state index in [1.54, 1.807) is 0 Å². The molecule has 1 aliphatic heterocycles. The fraction of sp³-hybridized carbons (Fsp3) is 1.00. The van der Waals surface area contributed by atoms with Gasteiger partial charge in [0.1, 0.15) is 0 Å². The molecule has 1 saturated carbocycles. The minimum atomic E-state index is 0.524. The first-order valence-electron chi connectivity index (χ1n) is 4.89. The van der Waals surface area contributed by atoms with Crippen LogP contribution in [-0.2, 0) is 4.74 Å². The molecule has 1 nitrogen and oxygen atoms in total. The highest BCUT2D eigenvalue weighted by Crippen LogP contribution is 2.56. The van der Waals surface area contributed by atoms with Crippen molar-refractivity contribution in [3.63, 3.8) is 0 Å². The predicted octanol–water partition coefficient (Wildman–Crippen LogP) is 2.74. The van der Waals surface area contributed by atoms with Gasteiger partial charge in [-0.15, -0.1) is 0 Å². The standard InChI is InChI=1S/C10H18O/c1-3-9-7-10(4-5-10)6-8(2)11-9/h8-9H,3-7H2,1-2H3. The van der Waals surface area contributed by atoms with Gasteiger partial charge in [-0.25, -0.2) is 0 Å². The van der Waals surface area contributed by atoms with Crippen molar-refractivity contribution in [3.8, 4) is 0 Å². The maximum absolute atomic E-state index is 5.81. The fourth-order valence-electron chi connectivity index (χ4n) is 2.43. The van der Waals surface area contributed by atoms with E-state index in [1.807, 2.05) is 0 Å². The fourth-order valence-corrected chi connectivity index (χ4v) is 2.43. The van der Waals surface area contributed by atoms with Gasteiger partial charge in [-0.1, -0.05) is 6.92 Å². The van der Waals surface area contributed by atoms with Crippen LogP contribution >= 0.6 is 0 Å². The van der Waals surface area contributed by atoms with Gasteiger partial charge in [-0.3, -0.25) is 0 Å². The largest absolute Gasteiger partial charge is 0.375 e. The molecule has 2 atom stereocenters. The molecule has 0 amide bonds. The van der Waals surface area contributed by atoms with Crippen molar-refractivity contribution in [1.82, 2.24) is 0 Å². The normalized spacial score (nSPS) is 40.9. The van der Waals surface area contributed by atoms with E-state index in [1.165, 1.54) is 32.1 Å². The molecule has 2 rings (SSSR count). The molecule has 11 heavy (non-hydrogen) atoms. The van der Waals surface area contributed by atoms with Crippen LogP contribution in [0.2, 0.25) is 0 Å². The highest BCUT2D eigenvalue weighted by atomic mass is 16.5. The third kappa shape index (κ3) is 1.44. The van der Waals surface area contributed by atoms with Crippen molar-refractivity contribution in [2.75, 3.05) is 0 Å². The molecule has 1 spiro atoms. The summed E-state index contributed by atoms with van der Waals surface area (Å²) in [4.78, 5) is 0. The van der Waals surface area contributed by atoms with E-state index in [4.69, 9.17) is 4.74 Å². The highest BCUT2D eigenvalue weighted by Gasteiger charge is 2.47. The van der Waals surface area contributed by atoms with Gasteiger partial charge in [0.05, 0.1) is 12.2 Å². The van der Waals surface area contributed by atoms with Crippen molar-refractivity contribution in [1.29, 1.82) is 0 Å². The average Bonchev–Trinajstić information content (AvgIpc) is 2.67. The Morgan fingerprint density at radius 2 is 2.09 bits per heavy atom. The van der Waals surface area contributed by atoms with Gasteiger partial charge < -0.3 is 4.74 Å². The second kappa shape index (κ2) is 2.48. The minimum Gasteiger partial charge on any atom is -0.375 e. The molecular weight excluding hydrogens is 136 g/mol. The first-order valence-corrected chi connectivity index (χ1v) is 4.89. The molecule has 2 fully saturated rings. The zero-order chi connectivity index (χ0) is 7.90. The molecule has 0 bridgehead atoms. The predicted molar refractivity (Wildman–Crippen MR) is 45.5 cm³/mol. The van der Waals surface area contributed by atoms with E-state index in [0.29, 0.717) is 12.2 Å². The molecular formula is C10H18O. The summed E-state index contributed by atoms with van der Waals surface area (Å²) in [5.41, 5.74) is 0.748. The quantitative estimate of drug-likeness (QED) is 0.564. The van der Waals surface area contributed by atoms with Crippen molar-refractivity contribution >= 4 is 0 Å². The Bertz CT molecular complexity index is 149. The Hall–Kier alpha value is -0.0400. The molecule has 2 aliphatic rings. The van der Waals surface area contributed by atoms with Crippen LogP contribution in [0.3, 0.4) is 0 Å². The van der Waals surface area contributed by atoms with Gasteiger partial charge in [-0.05, 0) is 44.4 Å². The third-order valence-electron chi connectivity index (χ3n) is 3.22. The Morgan fingerprint density at radius 3 is 2.64 bits per heavy atom. The maximum atomic E-state index is 5.81.